The number of halogens is 2. The molecule has 0 saturated heterocycles. The second-order valence-electron chi connectivity index (χ2n) is 5.59. The molecule has 0 spiro atoms. The zero-order chi connectivity index (χ0) is 16.7. The Balaban J connectivity index is 1.85. The van der Waals surface area contributed by atoms with E-state index in [4.69, 9.17) is 33.0 Å². The van der Waals surface area contributed by atoms with E-state index in [-0.39, 0.29) is 0 Å². The Kier molecular flexibility index (Phi) is 3.87. The van der Waals surface area contributed by atoms with E-state index in [1.807, 2.05) is 41.1 Å². The van der Waals surface area contributed by atoms with Gasteiger partial charge in [0.1, 0.15) is 11.6 Å². The number of hydrogen-bond acceptors (Lipinski definition) is 3. The van der Waals surface area contributed by atoms with Crippen LogP contribution in [-0.2, 0) is 6.42 Å². The molecule has 0 atom stereocenters. The topological polar surface area (TPSA) is 39.1 Å². The van der Waals surface area contributed by atoms with Crippen molar-refractivity contribution >= 4 is 29.0 Å². The fourth-order valence-corrected chi connectivity index (χ4v) is 3.47. The number of anilines is 1. The molecule has 0 fully saturated rings. The lowest BCUT2D eigenvalue weighted by Gasteiger charge is -2.08. The zero-order valence-electron chi connectivity index (χ0n) is 13.0. The van der Waals surface area contributed by atoms with Crippen molar-refractivity contribution in [2.24, 2.45) is 0 Å². The molecule has 3 aromatic rings. The molecule has 24 heavy (non-hydrogen) atoms. The van der Waals surface area contributed by atoms with Crippen molar-refractivity contribution in [2.75, 3.05) is 19.0 Å². The van der Waals surface area contributed by atoms with Crippen molar-refractivity contribution in [3.05, 3.63) is 58.1 Å². The molecule has 2 heterocycles. The number of hydrogen-bond donors (Lipinski definition) is 1. The van der Waals surface area contributed by atoms with Gasteiger partial charge >= 0.3 is 0 Å². The highest BCUT2D eigenvalue weighted by Gasteiger charge is 2.24. The molecule has 2 aromatic carbocycles. The van der Waals surface area contributed by atoms with Gasteiger partial charge in [-0.15, -0.1) is 0 Å². The van der Waals surface area contributed by atoms with Crippen LogP contribution in [0, 0.1) is 0 Å². The Labute approximate surface area is 150 Å². The quantitative estimate of drug-likeness (QED) is 0.728. The first-order chi connectivity index (χ1) is 11.7. The van der Waals surface area contributed by atoms with E-state index in [0.717, 1.165) is 41.5 Å². The van der Waals surface area contributed by atoms with Gasteiger partial charge in [0.25, 0.3) is 0 Å². The van der Waals surface area contributed by atoms with Crippen LogP contribution in [-0.4, -0.2) is 23.4 Å². The molecule has 1 aliphatic heterocycles. The molecule has 0 aliphatic carbocycles. The van der Waals surface area contributed by atoms with E-state index < -0.39 is 0 Å². The van der Waals surface area contributed by atoms with Gasteiger partial charge in [-0.25, -0.2) is 4.68 Å². The Morgan fingerprint density at radius 2 is 1.92 bits per heavy atom. The smallest absolute Gasteiger partial charge is 0.133 e. The van der Waals surface area contributed by atoms with Gasteiger partial charge in [0.05, 0.1) is 23.5 Å². The van der Waals surface area contributed by atoms with E-state index in [2.05, 4.69) is 5.32 Å². The predicted molar refractivity (Wildman–Crippen MR) is 97.8 cm³/mol. The summed E-state index contributed by atoms with van der Waals surface area (Å²) in [5.74, 6) is 1.82. The zero-order valence-corrected chi connectivity index (χ0v) is 14.5. The normalized spacial score (nSPS) is 12.8. The SMILES string of the molecule is COc1ccc(-c2nn(-c3ccc(Cl)cc3Cl)c3c2CCN3)cc1. The summed E-state index contributed by atoms with van der Waals surface area (Å²) in [7, 11) is 1.66. The molecular formula is C18H15Cl2N3O. The standard InChI is InChI=1S/C18H15Cl2N3O/c1-24-13-5-2-11(3-6-13)17-14-8-9-21-18(14)23(22-17)16-7-4-12(19)10-15(16)20/h2-7,10,21H,8-9H2,1H3. The van der Waals surface area contributed by atoms with Crippen LogP contribution in [0.15, 0.2) is 42.5 Å². The van der Waals surface area contributed by atoms with Crippen LogP contribution in [0.1, 0.15) is 5.56 Å². The van der Waals surface area contributed by atoms with Crippen LogP contribution in [0.3, 0.4) is 0 Å². The lowest BCUT2D eigenvalue weighted by atomic mass is 10.1. The van der Waals surface area contributed by atoms with Crippen molar-refractivity contribution in [3.63, 3.8) is 0 Å². The van der Waals surface area contributed by atoms with Crippen LogP contribution in [0.5, 0.6) is 5.75 Å². The monoisotopic (exact) mass is 359 g/mol. The van der Waals surface area contributed by atoms with E-state index in [0.29, 0.717) is 10.0 Å². The lowest BCUT2D eigenvalue weighted by molar-refractivity contribution is 0.415. The number of ether oxygens (including phenoxy) is 1. The van der Waals surface area contributed by atoms with Gasteiger partial charge in [-0.3, -0.25) is 0 Å². The molecule has 6 heteroatoms. The van der Waals surface area contributed by atoms with Crippen molar-refractivity contribution in [1.82, 2.24) is 9.78 Å². The van der Waals surface area contributed by atoms with E-state index in [1.165, 1.54) is 5.56 Å². The van der Waals surface area contributed by atoms with Crippen molar-refractivity contribution < 1.29 is 4.74 Å². The molecular weight excluding hydrogens is 345 g/mol. The van der Waals surface area contributed by atoms with Gasteiger partial charge in [0, 0.05) is 22.7 Å². The van der Waals surface area contributed by atoms with Crippen LogP contribution < -0.4 is 10.1 Å². The number of rotatable bonds is 3. The minimum absolute atomic E-state index is 0.572. The Hall–Kier alpha value is -2.17. The van der Waals surface area contributed by atoms with Crippen LogP contribution in [0.25, 0.3) is 16.9 Å². The minimum atomic E-state index is 0.572. The summed E-state index contributed by atoms with van der Waals surface area (Å²) in [5, 5.41) is 9.39. The number of nitrogens with zero attached hydrogens (tertiary/aromatic N) is 2. The largest absolute Gasteiger partial charge is 0.497 e. The van der Waals surface area contributed by atoms with Crippen molar-refractivity contribution in [3.8, 4) is 22.7 Å². The van der Waals surface area contributed by atoms with Crippen molar-refractivity contribution in [1.29, 1.82) is 0 Å². The maximum atomic E-state index is 6.37. The first-order valence-electron chi connectivity index (χ1n) is 7.63. The summed E-state index contributed by atoms with van der Waals surface area (Å²) in [6.45, 7) is 0.890. The minimum Gasteiger partial charge on any atom is -0.497 e. The molecule has 4 rings (SSSR count). The average Bonchev–Trinajstić information content (AvgIpc) is 3.18. The third-order valence-electron chi connectivity index (χ3n) is 4.15. The van der Waals surface area contributed by atoms with Gasteiger partial charge in [0.2, 0.25) is 0 Å². The van der Waals surface area contributed by atoms with Crippen LogP contribution in [0.4, 0.5) is 5.82 Å². The molecule has 0 amide bonds. The number of fused-ring (bicyclic) bond motifs is 1. The van der Waals surface area contributed by atoms with E-state index >= 15 is 0 Å². The Morgan fingerprint density at radius 3 is 2.62 bits per heavy atom. The van der Waals surface area contributed by atoms with Gasteiger partial charge in [-0.1, -0.05) is 23.2 Å². The second-order valence-corrected chi connectivity index (χ2v) is 6.43. The molecule has 0 unspecified atom stereocenters. The number of nitrogens with one attached hydrogen (secondary N) is 1. The molecule has 0 saturated carbocycles. The summed E-state index contributed by atoms with van der Waals surface area (Å²) < 4.78 is 7.09. The van der Waals surface area contributed by atoms with Crippen LogP contribution >= 0.6 is 23.2 Å². The highest BCUT2D eigenvalue weighted by atomic mass is 35.5. The Morgan fingerprint density at radius 1 is 1.12 bits per heavy atom. The number of methoxy groups -OCH3 is 1. The first kappa shape index (κ1) is 15.4. The molecule has 4 nitrogen and oxygen atoms in total. The van der Waals surface area contributed by atoms with Crippen LogP contribution in [0.2, 0.25) is 10.0 Å². The molecule has 122 valence electrons. The van der Waals surface area contributed by atoms with Gasteiger partial charge < -0.3 is 10.1 Å². The summed E-state index contributed by atoms with van der Waals surface area (Å²) in [6.07, 6.45) is 0.932. The summed E-state index contributed by atoms with van der Waals surface area (Å²) in [5.41, 5.74) is 4.03. The maximum Gasteiger partial charge on any atom is 0.133 e. The fourth-order valence-electron chi connectivity index (χ4n) is 2.98. The number of aromatic nitrogens is 2. The Bertz CT molecular complexity index is 903. The second kappa shape index (κ2) is 6.04. The lowest BCUT2D eigenvalue weighted by Crippen LogP contribution is -2.04. The summed E-state index contributed by atoms with van der Waals surface area (Å²) >= 11 is 12.4. The first-order valence-corrected chi connectivity index (χ1v) is 8.38. The average molecular weight is 360 g/mol. The molecule has 0 bridgehead atoms. The van der Waals surface area contributed by atoms with Gasteiger partial charge in [-0.2, -0.15) is 5.10 Å². The molecule has 1 aromatic heterocycles. The van der Waals surface area contributed by atoms with E-state index in [9.17, 15) is 0 Å². The molecule has 1 aliphatic rings. The summed E-state index contributed by atoms with van der Waals surface area (Å²) in [4.78, 5) is 0. The maximum absolute atomic E-state index is 6.37. The third kappa shape index (κ3) is 2.52. The van der Waals surface area contributed by atoms with Gasteiger partial charge in [-0.05, 0) is 48.9 Å². The molecule has 0 radical (unpaired) electrons. The predicted octanol–water partition coefficient (Wildman–Crippen LogP) is 4.82. The van der Waals surface area contributed by atoms with Crippen molar-refractivity contribution in [2.45, 2.75) is 6.42 Å². The number of benzene rings is 2. The molecule has 1 N–H and O–H groups in total. The van der Waals surface area contributed by atoms with Gasteiger partial charge in [0.15, 0.2) is 0 Å². The highest BCUT2D eigenvalue weighted by Crippen LogP contribution is 2.37. The highest BCUT2D eigenvalue weighted by molar-refractivity contribution is 6.35. The van der Waals surface area contributed by atoms with E-state index in [1.54, 1.807) is 13.2 Å². The fraction of sp³-hybridized carbons (Fsp3) is 0.167. The summed E-state index contributed by atoms with van der Waals surface area (Å²) in [6, 6.07) is 13.4. The third-order valence-corrected chi connectivity index (χ3v) is 4.69.